The summed E-state index contributed by atoms with van der Waals surface area (Å²) in [6.07, 6.45) is 1.70. The van der Waals surface area contributed by atoms with Crippen LogP contribution in [0.4, 0.5) is 4.79 Å². The zero-order chi connectivity index (χ0) is 18.9. The summed E-state index contributed by atoms with van der Waals surface area (Å²) in [6.45, 7) is 13.5. The molecule has 0 aromatic heterocycles. The number of hydrogen-bond donors (Lipinski definition) is 2. The number of amides is 1. The van der Waals surface area contributed by atoms with E-state index in [1.165, 1.54) is 0 Å². The van der Waals surface area contributed by atoms with E-state index in [9.17, 15) is 4.79 Å². The van der Waals surface area contributed by atoms with E-state index in [-0.39, 0.29) is 36.1 Å². The Morgan fingerprint density at radius 1 is 1.31 bits per heavy atom. The highest BCUT2D eigenvalue weighted by Crippen LogP contribution is 2.19. The fourth-order valence-electron chi connectivity index (χ4n) is 2.69. The molecule has 0 aliphatic carbocycles. The minimum Gasteiger partial charge on any atom is -0.444 e. The van der Waals surface area contributed by atoms with E-state index in [1.54, 1.807) is 12.0 Å². The second-order valence-electron chi connectivity index (χ2n) is 7.63. The standard InChI is InChI=1S/C18H36N4O3.HI/c1-7-19-16(21-14(2)13-24-6)20-12-15-8-10-22(11-9-15)17(23)25-18(3,4)5;/h14-15H,7-13H2,1-6H3,(H2,19,20,21);1H. The maximum Gasteiger partial charge on any atom is 0.410 e. The number of aliphatic imine (C=N–C) groups is 1. The van der Waals surface area contributed by atoms with Crippen molar-refractivity contribution in [2.75, 3.05) is 39.9 Å². The number of nitrogens with zero attached hydrogens (tertiary/aromatic N) is 2. The molecule has 2 N–H and O–H groups in total. The zero-order valence-electron chi connectivity index (χ0n) is 17.1. The Morgan fingerprint density at radius 2 is 1.92 bits per heavy atom. The lowest BCUT2D eigenvalue weighted by atomic mass is 9.97. The summed E-state index contributed by atoms with van der Waals surface area (Å²) in [4.78, 5) is 18.6. The monoisotopic (exact) mass is 484 g/mol. The van der Waals surface area contributed by atoms with Gasteiger partial charge in [0, 0.05) is 39.3 Å². The number of ether oxygens (including phenoxy) is 2. The minimum atomic E-state index is -0.441. The number of nitrogens with one attached hydrogen (secondary N) is 2. The molecule has 1 amide bonds. The van der Waals surface area contributed by atoms with Crippen molar-refractivity contribution in [1.82, 2.24) is 15.5 Å². The molecule has 0 aromatic carbocycles. The highest BCUT2D eigenvalue weighted by Gasteiger charge is 2.26. The van der Waals surface area contributed by atoms with Gasteiger partial charge in [-0.05, 0) is 53.4 Å². The Hall–Kier alpha value is -0.770. The van der Waals surface area contributed by atoms with Crippen molar-refractivity contribution in [3.63, 3.8) is 0 Å². The maximum absolute atomic E-state index is 12.1. The molecule has 1 aliphatic heterocycles. The van der Waals surface area contributed by atoms with Crippen LogP contribution < -0.4 is 10.6 Å². The van der Waals surface area contributed by atoms with Gasteiger partial charge in [0.2, 0.25) is 0 Å². The van der Waals surface area contributed by atoms with Gasteiger partial charge in [0.1, 0.15) is 5.60 Å². The van der Waals surface area contributed by atoms with E-state index in [0.29, 0.717) is 12.5 Å². The normalized spacial score (nSPS) is 17.3. The van der Waals surface area contributed by atoms with Crippen LogP contribution in [0.15, 0.2) is 4.99 Å². The summed E-state index contributed by atoms with van der Waals surface area (Å²) >= 11 is 0. The molecule has 26 heavy (non-hydrogen) atoms. The van der Waals surface area contributed by atoms with Gasteiger partial charge >= 0.3 is 6.09 Å². The van der Waals surface area contributed by atoms with Crippen LogP contribution in [-0.2, 0) is 9.47 Å². The van der Waals surface area contributed by atoms with E-state index >= 15 is 0 Å². The second kappa shape index (κ2) is 12.6. The third-order valence-electron chi connectivity index (χ3n) is 3.92. The summed E-state index contributed by atoms with van der Waals surface area (Å²) in [7, 11) is 1.70. The molecule has 1 heterocycles. The molecule has 154 valence electrons. The molecule has 1 saturated heterocycles. The van der Waals surface area contributed by atoms with Gasteiger partial charge in [0.05, 0.1) is 6.61 Å². The number of carbonyl (C=O) groups is 1. The number of methoxy groups -OCH3 is 1. The Kier molecular flexibility index (Phi) is 12.2. The maximum atomic E-state index is 12.1. The lowest BCUT2D eigenvalue weighted by Crippen LogP contribution is -2.45. The molecule has 0 aromatic rings. The number of guanidine groups is 1. The van der Waals surface area contributed by atoms with Crippen LogP contribution in [0, 0.1) is 5.92 Å². The van der Waals surface area contributed by atoms with Gasteiger partial charge in [-0.15, -0.1) is 24.0 Å². The molecule has 0 saturated carbocycles. The number of rotatable bonds is 6. The van der Waals surface area contributed by atoms with E-state index in [2.05, 4.69) is 24.5 Å². The smallest absolute Gasteiger partial charge is 0.410 e. The Bertz CT molecular complexity index is 433. The predicted molar refractivity (Wildman–Crippen MR) is 116 cm³/mol. The van der Waals surface area contributed by atoms with Crippen LogP contribution in [0.3, 0.4) is 0 Å². The minimum absolute atomic E-state index is 0. The highest BCUT2D eigenvalue weighted by atomic mass is 127. The van der Waals surface area contributed by atoms with E-state index < -0.39 is 5.60 Å². The van der Waals surface area contributed by atoms with Crippen LogP contribution in [0.1, 0.15) is 47.5 Å². The SMILES string of the molecule is CCNC(=NCC1CCN(C(=O)OC(C)(C)C)CC1)NC(C)COC.I. The van der Waals surface area contributed by atoms with Crippen molar-refractivity contribution in [3.05, 3.63) is 0 Å². The number of carbonyl (C=O) groups excluding carboxylic acids is 1. The van der Waals surface area contributed by atoms with Gasteiger partial charge in [-0.2, -0.15) is 0 Å². The van der Waals surface area contributed by atoms with Gasteiger partial charge in [0.15, 0.2) is 5.96 Å². The first-order valence-corrected chi connectivity index (χ1v) is 9.26. The third kappa shape index (κ3) is 10.4. The number of halogens is 1. The zero-order valence-corrected chi connectivity index (χ0v) is 19.5. The van der Waals surface area contributed by atoms with Crippen LogP contribution in [0.25, 0.3) is 0 Å². The first kappa shape index (κ1) is 25.2. The van der Waals surface area contributed by atoms with E-state index in [0.717, 1.165) is 45.0 Å². The summed E-state index contributed by atoms with van der Waals surface area (Å²) in [5.41, 5.74) is -0.441. The van der Waals surface area contributed by atoms with Crippen molar-refractivity contribution in [2.24, 2.45) is 10.9 Å². The number of likely N-dealkylation sites (tertiary alicyclic amines) is 1. The molecule has 0 spiro atoms. The lowest BCUT2D eigenvalue weighted by molar-refractivity contribution is 0.0187. The molecule has 1 fully saturated rings. The first-order chi connectivity index (χ1) is 11.7. The van der Waals surface area contributed by atoms with Crippen LogP contribution in [0.5, 0.6) is 0 Å². The quantitative estimate of drug-likeness (QED) is 0.345. The van der Waals surface area contributed by atoms with Gasteiger partial charge < -0.3 is 25.0 Å². The lowest BCUT2D eigenvalue weighted by Gasteiger charge is -2.33. The molecule has 1 aliphatic rings. The van der Waals surface area contributed by atoms with Gasteiger partial charge in [-0.25, -0.2) is 4.79 Å². The van der Waals surface area contributed by atoms with Gasteiger partial charge in [0.25, 0.3) is 0 Å². The molecular weight excluding hydrogens is 447 g/mol. The predicted octanol–water partition coefficient (Wildman–Crippen LogP) is 2.84. The molecule has 0 bridgehead atoms. The fourth-order valence-corrected chi connectivity index (χ4v) is 2.69. The molecule has 8 heteroatoms. The summed E-state index contributed by atoms with van der Waals surface area (Å²) < 4.78 is 10.6. The highest BCUT2D eigenvalue weighted by molar-refractivity contribution is 14.0. The second-order valence-corrected chi connectivity index (χ2v) is 7.63. The molecule has 7 nitrogen and oxygen atoms in total. The van der Waals surface area contributed by atoms with Crippen molar-refractivity contribution in [1.29, 1.82) is 0 Å². The van der Waals surface area contributed by atoms with Gasteiger partial charge in [-0.1, -0.05) is 0 Å². The molecule has 1 atom stereocenters. The van der Waals surface area contributed by atoms with Crippen LogP contribution in [-0.4, -0.2) is 68.5 Å². The van der Waals surface area contributed by atoms with Crippen LogP contribution >= 0.6 is 24.0 Å². The van der Waals surface area contributed by atoms with E-state index in [1.807, 2.05) is 20.8 Å². The Balaban J connectivity index is 0.00000625. The van der Waals surface area contributed by atoms with Crippen molar-refractivity contribution < 1.29 is 14.3 Å². The summed E-state index contributed by atoms with van der Waals surface area (Å²) in [5, 5.41) is 6.60. The molecule has 0 radical (unpaired) electrons. The number of hydrogen-bond acceptors (Lipinski definition) is 4. The topological polar surface area (TPSA) is 75.2 Å². The summed E-state index contributed by atoms with van der Waals surface area (Å²) in [5.74, 6) is 1.31. The fraction of sp³-hybridized carbons (Fsp3) is 0.889. The molecular formula is C18H37IN4O3. The summed E-state index contributed by atoms with van der Waals surface area (Å²) in [6, 6.07) is 0.205. The largest absolute Gasteiger partial charge is 0.444 e. The molecule has 1 unspecified atom stereocenters. The average Bonchev–Trinajstić information content (AvgIpc) is 2.52. The third-order valence-corrected chi connectivity index (χ3v) is 3.92. The van der Waals surface area contributed by atoms with Crippen LogP contribution in [0.2, 0.25) is 0 Å². The first-order valence-electron chi connectivity index (χ1n) is 9.26. The number of piperidine rings is 1. The van der Waals surface area contributed by atoms with Crippen molar-refractivity contribution in [3.8, 4) is 0 Å². The van der Waals surface area contributed by atoms with Gasteiger partial charge in [-0.3, -0.25) is 4.99 Å². The Labute approximate surface area is 175 Å². The van der Waals surface area contributed by atoms with E-state index in [4.69, 9.17) is 14.5 Å². The molecule has 1 rings (SSSR count). The average molecular weight is 484 g/mol. The van der Waals surface area contributed by atoms with Crippen molar-refractivity contribution in [2.45, 2.75) is 59.1 Å². The van der Waals surface area contributed by atoms with Crippen molar-refractivity contribution >= 4 is 36.0 Å². The Morgan fingerprint density at radius 3 is 2.42 bits per heavy atom.